The zero-order chi connectivity index (χ0) is 9.84. The van der Waals surface area contributed by atoms with E-state index in [1.807, 2.05) is 9.80 Å². The number of hydrogen-bond acceptors (Lipinski definition) is 5. The molecule has 1 aliphatic rings. The van der Waals surface area contributed by atoms with Crippen molar-refractivity contribution in [3.63, 3.8) is 0 Å². The normalized spacial score (nSPS) is 25.8. The Morgan fingerprint density at radius 1 is 1.46 bits per heavy atom. The van der Waals surface area contributed by atoms with E-state index < -0.39 is 17.3 Å². The lowest BCUT2D eigenvalue weighted by Crippen LogP contribution is -2.50. The largest absolute Gasteiger partial charge is 0.771 e. The monoisotopic (exact) mass is 207 g/mol. The van der Waals surface area contributed by atoms with Crippen LogP contribution in [0.1, 0.15) is 6.92 Å². The first-order valence-electron chi connectivity index (χ1n) is 4.30. The molecular formula is C7H15N2O3S-. The Balaban J connectivity index is 2.26. The minimum atomic E-state index is -1.99. The Hall–Kier alpha value is -0.0100. The van der Waals surface area contributed by atoms with Gasteiger partial charge in [0.2, 0.25) is 0 Å². The summed E-state index contributed by atoms with van der Waals surface area (Å²) >= 11 is -1.99. The third-order valence-corrected chi connectivity index (χ3v) is 2.80. The lowest BCUT2D eigenvalue weighted by atomic mass is 10.3. The Kier molecular flexibility index (Phi) is 4.27. The average molecular weight is 207 g/mol. The highest BCUT2D eigenvalue weighted by atomic mass is 32.2. The van der Waals surface area contributed by atoms with Crippen LogP contribution in [-0.4, -0.2) is 62.0 Å². The SMILES string of the molecule is CC(O)N1CCN(CS(=O)[O-])CC1. The average Bonchev–Trinajstić information content (AvgIpc) is 2.04. The third-order valence-electron chi connectivity index (χ3n) is 2.22. The van der Waals surface area contributed by atoms with Crippen LogP contribution in [0.15, 0.2) is 0 Å². The van der Waals surface area contributed by atoms with Gasteiger partial charge in [0.15, 0.2) is 0 Å². The third kappa shape index (κ3) is 3.70. The summed E-state index contributed by atoms with van der Waals surface area (Å²) in [4.78, 5) is 3.78. The summed E-state index contributed by atoms with van der Waals surface area (Å²) in [5, 5.41) is 9.23. The van der Waals surface area contributed by atoms with E-state index in [1.54, 1.807) is 6.92 Å². The van der Waals surface area contributed by atoms with Crippen LogP contribution < -0.4 is 0 Å². The molecule has 2 unspecified atom stereocenters. The smallest absolute Gasteiger partial charge is 0.104 e. The van der Waals surface area contributed by atoms with Crippen molar-refractivity contribution in [3.8, 4) is 0 Å². The van der Waals surface area contributed by atoms with Gasteiger partial charge in [-0.15, -0.1) is 0 Å². The molecule has 1 saturated heterocycles. The van der Waals surface area contributed by atoms with E-state index >= 15 is 0 Å². The molecule has 0 aromatic rings. The molecule has 0 aliphatic carbocycles. The predicted octanol–water partition coefficient (Wildman–Crippen LogP) is -1.22. The maximum Gasteiger partial charge on any atom is 0.104 e. The summed E-state index contributed by atoms with van der Waals surface area (Å²) in [5.74, 6) is 0.105. The van der Waals surface area contributed by atoms with Gasteiger partial charge in [-0.3, -0.25) is 14.0 Å². The number of aliphatic hydroxyl groups is 1. The van der Waals surface area contributed by atoms with Gasteiger partial charge in [-0.2, -0.15) is 0 Å². The maximum absolute atomic E-state index is 10.4. The van der Waals surface area contributed by atoms with Gasteiger partial charge in [0.1, 0.15) is 6.23 Å². The molecule has 78 valence electrons. The van der Waals surface area contributed by atoms with Crippen molar-refractivity contribution < 1.29 is 13.9 Å². The van der Waals surface area contributed by atoms with E-state index in [4.69, 9.17) is 0 Å². The summed E-state index contributed by atoms with van der Waals surface area (Å²) in [6.07, 6.45) is -0.431. The Morgan fingerprint density at radius 2 is 2.00 bits per heavy atom. The molecule has 2 atom stereocenters. The molecule has 0 aromatic carbocycles. The Bertz CT molecular complexity index is 181. The lowest BCUT2D eigenvalue weighted by Gasteiger charge is -2.36. The maximum atomic E-state index is 10.4. The fourth-order valence-corrected chi connectivity index (χ4v) is 1.97. The standard InChI is InChI=1S/C7H16N2O3S/c1-7(10)9-4-2-8(3-5-9)6-13(11)12/h7,10H,2-6H2,1H3,(H,11,12)/p-1. The van der Waals surface area contributed by atoms with Crippen LogP contribution in [0.4, 0.5) is 0 Å². The second kappa shape index (κ2) is 5.02. The second-order valence-electron chi connectivity index (χ2n) is 3.22. The molecule has 5 nitrogen and oxygen atoms in total. The molecule has 0 bridgehead atoms. The van der Waals surface area contributed by atoms with Crippen LogP contribution in [-0.2, 0) is 11.1 Å². The van der Waals surface area contributed by atoms with Crippen LogP contribution in [0.3, 0.4) is 0 Å². The number of hydrogen-bond donors (Lipinski definition) is 1. The van der Waals surface area contributed by atoms with Crippen LogP contribution in [0.2, 0.25) is 0 Å². The summed E-state index contributed by atoms with van der Waals surface area (Å²) in [6, 6.07) is 0. The van der Waals surface area contributed by atoms with E-state index in [2.05, 4.69) is 0 Å². The fraction of sp³-hybridized carbons (Fsp3) is 1.00. The van der Waals surface area contributed by atoms with E-state index in [0.29, 0.717) is 13.1 Å². The van der Waals surface area contributed by atoms with Gasteiger partial charge in [-0.1, -0.05) is 0 Å². The minimum Gasteiger partial charge on any atom is -0.771 e. The molecule has 6 heteroatoms. The molecule has 0 aromatic heterocycles. The molecule has 0 spiro atoms. The van der Waals surface area contributed by atoms with E-state index in [1.165, 1.54) is 0 Å². The fourth-order valence-electron chi connectivity index (χ4n) is 1.42. The van der Waals surface area contributed by atoms with Gasteiger partial charge in [0.05, 0.1) is 5.88 Å². The van der Waals surface area contributed by atoms with Crippen molar-refractivity contribution in [1.82, 2.24) is 9.80 Å². The van der Waals surface area contributed by atoms with Crippen LogP contribution in [0, 0.1) is 0 Å². The van der Waals surface area contributed by atoms with Crippen molar-refractivity contribution in [2.75, 3.05) is 32.1 Å². The lowest BCUT2D eigenvalue weighted by molar-refractivity contribution is -0.00955. The topological polar surface area (TPSA) is 66.8 Å². The first kappa shape index (κ1) is 11.1. The van der Waals surface area contributed by atoms with E-state index in [0.717, 1.165) is 13.1 Å². The van der Waals surface area contributed by atoms with E-state index in [9.17, 15) is 13.9 Å². The molecule has 1 fully saturated rings. The van der Waals surface area contributed by atoms with Gasteiger partial charge in [0, 0.05) is 26.2 Å². The first-order chi connectivity index (χ1) is 6.09. The highest BCUT2D eigenvalue weighted by molar-refractivity contribution is 7.79. The van der Waals surface area contributed by atoms with Gasteiger partial charge < -0.3 is 9.66 Å². The van der Waals surface area contributed by atoms with Gasteiger partial charge in [-0.05, 0) is 18.0 Å². The van der Waals surface area contributed by atoms with Crippen molar-refractivity contribution in [3.05, 3.63) is 0 Å². The number of nitrogens with zero attached hydrogens (tertiary/aromatic N) is 2. The molecule has 1 heterocycles. The Labute approximate surface area is 80.6 Å². The number of aliphatic hydroxyl groups excluding tert-OH is 1. The molecule has 0 saturated carbocycles. The number of rotatable bonds is 3. The molecule has 1 rings (SSSR count). The Morgan fingerprint density at radius 3 is 2.38 bits per heavy atom. The highest BCUT2D eigenvalue weighted by Crippen LogP contribution is 2.04. The molecule has 0 amide bonds. The predicted molar refractivity (Wildman–Crippen MR) is 48.6 cm³/mol. The van der Waals surface area contributed by atoms with Crippen LogP contribution in [0.5, 0.6) is 0 Å². The van der Waals surface area contributed by atoms with Crippen molar-refractivity contribution in [2.24, 2.45) is 0 Å². The second-order valence-corrected chi connectivity index (χ2v) is 4.08. The highest BCUT2D eigenvalue weighted by Gasteiger charge is 2.18. The summed E-state index contributed by atoms with van der Waals surface area (Å²) in [6.45, 7) is 4.60. The molecule has 13 heavy (non-hydrogen) atoms. The quantitative estimate of drug-likeness (QED) is 0.588. The zero-order valence-corrected chi connectivity index (χ0v) is 8.50. The molecule has 1 N–H and O–H groups in total. The molecule has 0 radical (unpaired) electrons. The molecular weight excluding hydrogens is 192 g/mol. The summed E-state index contributed by atoms with van der Waals surface area (Å²) < 4.78 is 20.8. The van der Waals surface area contributed by atoms with Gasteiger partial charge >= 0.3 is 0 Å². The summed E-state index contributed by atoms with van der Waals surface area (Å²) in [5.41, 5.74) is 0. The van der Waals surface area contributed by atoms with Crippen molar-refractivity contribution in [2.45, 2.75) is 13.2 Å². The first-order valence-corrected chi connectivity index (χ1v) is 5.54. The molecule has 1 aliphatic heterocycles. The zero-order valence-electron chi connectivity index (χ0n) is 7.68. The summed E-state index contributed by atoms with van der Waals surface area (Å²) in [7, 11) is 0. The van der Waals surface area contributed by atoms with Crippen molar-refractivity contribution in [1.29, 1.82) is 0 Å². The van der Waals surface area contributed by atoms with Crippen LogP contribution >= 0.6 is 0 Å². The van der Waals surface area contributed by atoms with Crippen LogP contribution in [0.25, 0.3) is 0 Å². The minimum absolute atomic E-state index is 0.105. The van der Waals surface area contributed by atoms with Crippen molar-refractivity contribution >= 4 is 11.1 Å². The van der Waals surface area contributed by atoms with Gasteiger partial charge in [0.25, 0.3) is 0 Å². The number of piperazine rings is 1. The van der Waals surface area contributed by atoms with Gasteiger partial charge in [-0.25, -0.2) is 0 Å². The van der Waals surface area contributed by atoms with E-state index in [-0.39, 0.29) is 5.88 Å².